The highest BCUT2D eigenvalue weighted by Crippen LogP contribution is 2.18. The van der Waals surface area contributed by atoms with E-state index in [1.165, 1.54) is 0 Å². The van der Waals surface area contributed by atoms with Crippen LogP contribution >= 0.6 is 0 Å². The molecule has 0 unspecified atom stereocenters. The molecule has 2 N–H and O–H groups in total. The van der Waals surface area contributed by atoms with Gasteiger partial charge in [0.2, 0.25) is 10.0 Å². The van der Waals surface area contributed by atoms with Gasteiger partial charge >= 0.3 is 0 Å². The van der Waals surface area contributed by atoms with Gasteiger partial charge in [-0.15, -0.1) is 0 Å². The van der Waals surface area contributed by atoms with E-state index in [2.05, 4.69) is 9.82 Å². The lowest BCUT2D eigenvalue weighted by atomic mass is 10.1. The van der Waals surface area contributed by atoms with E-state index in [1.54, 1.807) is 36.0 Å². The third kappa shape index (κ3) is 3.69. The quantitative estimate of drug-likeness (QED) is 0.824. The molecule has 21 heavy (non-hydrogen) atoms. The van der Waals surface area contributed by atoms with Crippen LogP contribution in [0.25, 0.3) is 0 Å². The topological polar surface area (TPSA) is 84.2 Å². The first-order valence-electron chi connectivity index (χ1n) is 6.60. The molecule has 1 heterocycles. The molecule has 0 saturated carbocycles. The van der Waals surface area contributed by atoms with Gasteiger partial charge in [0, 0.05) is 19.8 Å². The molecule has 1 aromatic heterocycles. The second-order valence-corrected chi connectivity index (χ2v) is 6.60. The number of aliphatic hydroxyl groups is 1. The molecule has 0 atom stereocenters. The van der Waals surface area contributed by atoms with Crippen molar-refractivity contribution in [2.75, 3.05) is 6.54 Å². The van der Waals surface area contributed by atoms with Gasteiger partial charge in [0.1, 0.15) is 0 Å². The number of benzene rings is 1. The Hall–Kier alpha value is -1.70. The van der Waals surface area contributed by atoms with Crippen molar-refractivity contribution in [3.63, 3.8) is 0 Å². The van der Waals surface area contributed by atoms with Crippen LogP contribution in [0.5, 0.6) is 0 Å². The van der Waals surface area contributed by atoms with Gasteiger partial charge in [-0.05, 0) is 36.1 Å². The Bertz CT molecular complexity index is 723. The average Bonchev–Trinajstić information content (AvgIpc) is 2.84. The number of aromatic nitrogens is 2. The summed E-state index contributed by atoms with van der Waals surface area (Å²) in [6, 6.07) is 4.89. The number of sulfonamides is 1. The number of aryl methyl sites for hydroxylation is 1. The minimum Gasteiger partial charge on any atom is -0.392 e. The summed E-state index contributed by atoms with van der Waals surface area (Å²) in [6.45, 7) is 1.82. The molecule has 0 saturated heterocycles. The fourth-order valence-corrected chi connectivity index (χ4v) is 3.45. The smallest absolute Gasteiger partial charge is 0.240 e. The van der Waals surface area contributed by atoms with Crippen molar-refractivity contribution < 1.29 is 13.5 Å². The molecule has 0 fully saturated rings. The van der Waals surface area contributed by atoms with Crippen LogP contribution in [0.1, 0.15) is 16.7 Å². The minimum atomic E-state index is -3.58. The Morgan fingerprint density at radius 2 is 2.14 bits per heavy atom. The normalized spacial score (nSPS) is 11.8. The Kier molecular flexibility index (Phi) is 4.76. The van der Waals surface area contributed by atoms with E-state index in [9.17, 15) is 13.5 Å². The van der Waals surface area contributed by atoms with Crippen LogP contribution in [0.2, 0.25) is 0 Å². The molecule has 0 spiro atoms. The van der Waals surface area contributed by atoms with E-state index in [0.29, 0.717) is 24.1 Å². The standard InChI is InChI=1S/C14H19N3O3S/c1-11-13(10-18)4-3-5-14(11)21(19,20)16-7-6-12-8-15-17(2)9-12/h3-5,8-9,16,18H,6-7,10H2,1-2H3. The molecule has 2 aromatic rings. The maximum atomic E-state index is 12.3. The predicted molar refractivity (Wildman–Crippen MR) is 79.2 cm³/mol. The Balaban J connectivity index is 2.08. The fourth-order valence-electron chi connectivity index (χ4n) is 2.13. The summed E-state index contributed by atoms with van der Waals surface area (Å²) in [4.78, 5) is 0.209. The SMILES string of the molecule is Cc1c(CO)cccc1S(=O)(=O)NCCc1cnn(C)c1. The number of hydrogen-bond donors (Lipinski definition) is 2. The monoisotopic (exact) mass is 309 g/mol. The highest BCUT2D eigenvalue weighted by atomic mass is 32.2. The summed E-state index contributed by atoms with van der Waals surface area (Å²) in [5.74, 6) is 0. The first kappa shape index (κ1) is 15.7. The van der Waals surface area contributed by atoms with Crippen molar-refractivity contribution in [1.29, 1.82) is 0 Å². The van der Waals surface area contributed by atoms with Crippen molar-refractivity contribution in [1.82, 2.24) is 14.5 Å². The zero-order valence-electron chi connectivity index (χ0n) is 12.1. The van der Waals surface area contributed by atoms with Gasteiger partial charge in [0.25, 0.3) is 0 Å². The van der Waals surface area contributed by atoms with Crippen molar-refractivity contribution in [3.8, 4) is 0 Å². The Labute approximate surface area is 124 Å². The van der Waals surface area contributed by atoms with Crippen LogP contribution in [-0.4, -0.2) is 29.8 Å². The van der Waals surface area contributed by atoms with E-state index in [4.69, 9.17) is 0 Å². The average molecular weight is 309 g/mol. The van der Waals surface area contributed by atoms with Crippen molar-refractivity contribution in [2.24, 2.45) is 7.05 Å². The molecule has 0 aliphatic carbocycles. The molecule has 0 aliphatic heterocycles. The van der Waals surface area contributed by atoms with Crippen LogP contribution in [0.15, 0.2) is 35.5 Å². The molecular weight excluding hydrogens is 290 g/mol. The number of nitrogens with zero attached hydrogens (tertiary/aromatic N) is 2. The maximum Gasteiger partial charge on any atom is 0.240 e. The molecule has 2 rings (SSSR count). The third-order valence-electron chi connectivity index (χ3n) is 3.32. The van der Waals surface area contributed by atoms with Gasteiger partial charge < -0.3 is 5.11 Å². The lowest BCUT2D eigenvalue weighted by Gasteiger charge is -2.11. The molecule has 1 aromatic carbocycles. The van der Waals surface area contributed by atoms with Gasteiger partial charge in [-0.25, -0.2) is 13.1 Å². The van der Waals surface area contributed by atoms with Crippen LogP contribution in [-0.2, 0) is 30.1 Å². The number of nitrogens with one attached hydrogen (secondary N) is 1. The molecule has 6 nitrogen and oxygen atoms in total. The molecule has 0 bridgehead atoms. The predicted octanol–water partition coefficient (Wildman–Crippen LogP) is 0.742. The molecule has 0 aliphatic rings. The van der Waals surface area contributed by atoms with E-state index >= 15 is 0 Å². The summed E-state index contributed by atoms with van der Waals surface area (Å²) < 4.78 is 28.9. The Morgan fingerprint density at radius 1 is 1.38 bits per heavy atom. The zero-order valence-corrected chi connectivity index (χ0v) is 12.9. The van der Waals surface area contributed by atoms with Crippen molar-refractivity contribution in [3.05, 3.63) is 47.3 Å². The largest absolute Gasteiger partial charge is 0.392 e. The van der Waals surface area contributed by atoms with Crippen LogP contribution in [0, 0.1) is 6.92 Å². The molecule has 114 valence electrons. The maximum absolute atomic E-state index is 12.3. The van der Waals surface area contributed by atoms with Crippen LogP contribution in [0.4, 0.5) is 0 Å². The summed E-state index contributed by atoms with van der Waals surface area (Å²) >= 11 is 0. The van der Waals surface area contributed by atoms with E-state index in [0.717, 1.165) is 5.56 Å². The lowest BCUT2D eigenvalue weighted by molar-refractivity contribution is 0.280. The first-order valence-corrected chi connectivity index (χ1v) is 8.09. The van der Waals surface area contributed by atoms with E-state index < -0.39 is 10.0 Å². The van der Waals surface area contributed by atoms with Crippen LogP contribution in [0.3, 0.4) is 0 Å². The number of hydrogen-bond acceptors (Lipinski definition) is 4. The molecule has 0 radical (unpaired) electrons. The summed E-state index contributed by atoms with van der Waals surface area (Å²) in [5, 5.41) is 13.2. The number of aliphatic hydroxyl groups excluding tert-OH is 1. The minimum absolute atomic E-state index is 0.176. The van der Waals surface area contributed by atoms with E-state index in [-0.39, 0.29) is 11.5 Å². The van der Waals surface area contributed by atoms with Gasteiger partial charge in [-0.1, -0.05) is 12.1 Å². The molecule has 7 heteroatoms. The van der Waals surface area contributed by atoms with Gasteiger partial charge in [-0.2, -0.15) is 5.10 Å². The Morgan fingerprint density at radius 3 is 2.76 bits per heavy atom. The lowest BCUT2D eigenvalue weighted by Crippen LogP contribution is -2.26. The second kappa shape index (κ2) is 6.38. The third-order valence-corrected chi connectivity index (χ3v) is 4.93. The van der Waals surface area contributed by atoms with Crippen LogP contribution < -0.4 is 4.72 Å². The van der Waals surface area contributed by atoms with Gasteiger partial charge in [-0.3, -0.25) is 4.68 Å². The van der Waals surface area contributed by atoms with Gasteiger partial charge in [0.15, 0.2) is 0 Å². The van der Waals surface area contributed by atoms with Crippen molar-refractivity contribution in [2.45, 2.75) is 24.8 Å². The summed E-state index contributed by atoms with van der Waals surface area (Å²) in [7, 11) is -1.76. The molecular formula is C14H19N3O3S. The highest BCUT2D eigenvalue weighted by Gasteiger charge is 2.17. The number of rotatable bonds is 6. The molecule has 0 amide bonds. The summed E-state index contributed by atoms with van der Waals surface area (Å²) in [5.41, 5.74) is 2.17. The zero-order chi connectivity index (χ0) is 15.5. The summed E-state index contributed by atoms with van der Waals surface area (Å²) in [6.07, 6.45) is 4.14. The highest BCUT2D eigenvalue weighted by molar-refractivity contribution is 7.89. The van der Waals surface area contributed by atoms with E-state index in [1.807, 2.05) is 13.2 Å². The van der Waals surface area contributed by atoms with Gasteiger partial charge in [0.05, 0.1) is 17.7 Å². The first-order chi connectivity index (χ1) is 9.94. The fraction of sp³-hybridized carbons (Fsp3) is 0.357. The van der Waals surface area contributed by atoms with Crippen molar-refractivity contribution >= 4 is 10.0 Å². The second-order valence-electron chi connectivity index (χ2n) is 4.87.